The van der Waals surface area contributed by atoms with E-state index in [9.17, 15) is 4.79 Å². The van der Waals surface area contributed by atoms with Crippen LogP contribution in [0.3, 0.4) is 0 Å². The average molecular weight is 292 g/mol. The molecule has 6 heteroatoms. The zero-order valence-electron chi connectivity index (χ0n) is 12.9. The van der Waals surface area contributed by atoms with E-state index in [0.717, 1.165) is 0 Å². The molecule has 0 amide bonds. The molecule has 0 atom stereocenters. The Labute approximate surface area is 117 Å². The summed E-state index contributed by atoms with van der Waals surface area (Å²) in [4.78, 5) is 10.6. The molecular formula is C13H28O5Si. The molecule has 114 valence electrons. The van der Waals surface area contributed by atoms with Crippen molar-refractivity contribution in [3.63, 3.8) is 0 Å². The third kappa shape index (κ3) is 9.15. The first-order valence-electron chi connectivity index (χ1n) is 6.92. The second-order valence-electron chi connectivity index (χ2n) is 5.43. The number of carboxylic acids is 1. The van der Waals surface area contributed by atoms with Gasteiger partial charge in [-0.2, -0.15) is 0 Å². The maximum absolute atomic E-state index is 10.6. The summed E-state index contributed by atoms with van der Waals surface area (Å²) in [5.41, 5.74) is 0. The van der Waals surface area contributed by atoms with E-state index < -0.39 is 14.8 Å². The maximum atomic E-state index is 10.6. The van der Waals surface area contributed by atoms with Gasteiger partial charge in [0.05, 0.1) is 0 Å². The normalized spacial score (nSPS) is 12.7. The quantitative estimate of drug-likeness (QED) is 0.627. The minimum atomic E-state index is -2.81. The van der Waals surface area contributed by atoms with Crippen LogP contribution in [0, 0.1) is 0 Å². The summed E-state index contributed by atoms with van der Waals surface area (Å²) >= 11 is 0. The molecule has 19 heavy (non-hydrogen) atoms. The fourth-order valence-electron chi connectivity index (χ4n) is 1.79. The highest BCUT2D eigenvalue weighted by molar-refractivity contribution is 6.60. The molecule has 0 saturated heterocycles. The molecule has 5 nitrogen and oxygen atoms in total. The Hall–Kier alpha value is -0.433. The second kappa shape index (κ2) is 8.68. The van der Waals surface area contributed by atoms with Gasteiger partial charge in [0.1, 0.15) is 0 Å². The standard InChI is InChI=1S/C13H28O5Si/c1-10(2)16-19(17-11(3)4,18-12(5)6)9-7-8-13(14)15/h10-12H,7-9H2,1-6H3,(H,14,15). The molecule has 0 bridgehead atoms. The topological polar surface area (TPSA) is 65.0 Å². The summed E-state index contributed by atoms with van der Waals surface area (Å²) < 4.78 is 17.8. The Kier molecular flexibility index (Phi) is 8.48. The van der Waals surface area contributed by atoms with Gasteiger partial charge in [0.15, 0.2) is 0 Å². The van der Waals surface area contributed by atoms with Gasteiger partial charge >= 0.3 is 14.8 Å². The molecule has 0 radical (unpaired) electrons. The van der Waals surface area contributed by atoms with Crippen molar-refractivity contribution in [1.82, 2.24) is 0 Å². The Morgan fingerprint density at radius 1 is 0.947 bits per heavy atom. The lowest BCUT2D eigenvalue weighted by Crippen LogP contribution is -2.50. The van der Waals surface area contributed by atoms with Crippen molar-refractivity contribution < 1.29 is 23.2 Å². The first-order chi connectivity index (χ1) is 8.67. The zero-order valence-corrected chi connectivity index (χ0v) is 13.9. The molecule has 0 aliphatic rings. The summed E-state index contributed by atoms with van der Waals surface area (Å²) in [5, 5.41) is 8.75. The first kappa shape index (κ1) is 18.6. The van der Waals surface area contributed by atoms with E-state index in [4.69, 9.17) is 18.4 Å². The number of hydrogen-bond donors (Lipinski definition) is 1. The van der Waals surface area contributed by atoms with Crippen LogP contribution < -0.4 is 0 Å². The van der Waals surface area contributed by atoms with E-state index in [1.807, 2.05) is 41.5 Å². The minimum Gasteiger partial charge on any atom is -0.481 e. The fraction of sp³-hybridized carbons (Fsp3) is 0.923. The summed E-state index contributed by atoms with van der Waals surface area (Å²) in [6.07, 6.45) is 0.601. The van der Waals surface area contributed by atoms with Gasteiger partial charge in [0, 0.05) is 30.8 Å². The first-order valence-corrected chi connectivity index (χ1v) is 8.85. The SMILES string of the molecule is CC(C)O[Si](CCCC(=O)O)(OC(C)C)OC(C)C. The van der Waals surface area contributed by atoms with Gasteiger partial charge in [0.25, 0.3) is 0 Å². The van der Waals surface area contributed by atoms with Gasteiger partial charge in [-0.1, -0.05) is 0 Å². The lowest BCUT2D eigenvalue weighted by atomic mass is 10.3. The third-order valence-corrected chi connectivity index (χ3v) is 5.58. The van der Waals surface area contributed by atoms with Gasteiger partial charge in [-0.3, -0.25) is 4.79 Å². The molecule has 0 aromatic rings. The van der Waals surface area contributed by atoms with Crippen molar-refractivity contribution in [1.29, 1.82) is 0 Å². The van der Waals surface area contributed by atoms with E-state index in [-0.39, 0.29) is 24.7 Å². The number of aliphatic carboxylic acids is 1. The highest BCUT2D eigenvalue weighted by Crippen LogP contribution is 2.24. The summed E-state index contributed by atoms with van der Waals surface area (Å²) in [7, 11) is -2.81. The van der Waals surface area contributed by atoms with Crippen LogP contribution in [-0.4, -0.2) is 38.2 Å². The predicted molar refractivity (Wildman–Crippen MR) is 76.1 cm³/mol. The molecule has 0 unspecified atom stereocenters. The fourth-order valence-corrected chi connectivity index (χ4v) is 5.08. The molecule has 0 aromatic heterocycles. The molecule has 0 saturated carbocycles. The van der Waals surface area contributed by atoms with Crippen molar-refractivity contribution in [2.24, 2.45) is 0 Å². The molecule has 0 aromatic carbocycles. The molecule has 0 aliphatic heterocycles. The van der Waals surface area contributed by atoms with E-state index in [0.29, 0.717) is 12.5 Å². The molecule has 0 spiro atoms. The summed E-state index contributed by atoms with van der Waals surface area (Å²) in [6, 6.07) is 0.536. The van der Waals surface area contributed by atoms with Crippen LogP contribution in [0.25, 0.3) is 0 Å². The van der Waals surface area contributed by atoms with Gasteiger partial charge in [0.2, 0.25) is 0 Å². The Morgan fingerprint density at radius 3 is 1.58 bits per heavy atom. The van der Waals surface area contributed by atoms with Gasteiger partial charge in [-0.15, -0.1) is 0 Å². The highest BCUT2D eigenvalue weighted by atomic mass is 28.4. The molecule has 0 aliphatic carbocycles. The smallest absolute Gasteiger partial charge is 0.481 e. The van der Waals surface area contributed by atoms with Crippen LogP contribution in [0.1, 0.15) is 54.4 Å². The van der Waals surface area contributed by atoms with E-state index >= 15 is 0 Å². The van der Waals surface area contributed by atoms with Gasteiger partial charge < -0.3 is 18.4 Å². The largest absolute Gasteiger partial charge is 0.501 e. The Bertz CT molecular complexity index is 239. The molecule has 0 fully saturated rings. The number of rotatable bonds is 10. The summed E-state index contributed by atoms with van der Waals surface area (Å²) in [6.45, 7) is 11.6. The van der Waals surface area contributed by atoms with Crippen molar-refractivity contribution >= 4 is 14.8 Å². The van der Waals surface area contributed by atoms with Crippen LogP contribution in [0.5, 0.6) is 0 Å². The zero-order chi connectivity index (χ0) is 15.1. The predicted octanol–water partition coefficient (Wildman–Crippen LogP) is 3.07. The lowest BCUT2D eigenvalue weighted by molar-refractivity contribution is -0.137. The number of carbonyl (C=O) groups is 1. The number of hydrogen-bond acceptors (Lipinski definition) is 4. The monoisotopic (exact) mass is 292 g/mol. The molecule has 0 rings (SSSR count). The van der Waals surface area contributed by atoms with Gasteiger partial charge in [-0.25, -0.2) is 0 Å². The molecular weight excluding hydrogens is 264 g/mol. The molecule has 1 N–H and O–H groups in total. The highest BCUT2D eigenvalue weighted by Gasteiger charge is 2.43. The Morgan fingerprint density at radius 2 is 1.32 bits per heavy atom. The van der Waals surface area contributed by atoms with Crippen LogP contribution >= 0.6 is 0 Å². The second-order valence-corrected chi connectivity index (χ2v) is 8.00. The van der Waals surface area contributed by atoms with Crippen molar-refractivity contribution in [3.05, 3.63) is 0 Å². The van der Waals surface area contributed by atoms with Crippen LogP contribution in [-0.2, 0) is 18.1 Å². The van der Waals surface area contributed by atoms with Crippen LogP contribution in [0.2, 0.25) is 6.04 Å². The van der Waals surface area contributed by atoms with Crippen molar-refractivity contribution in [2.75, 3.05) is 0 Å². The lowest BCUT2D eigenvalue weighted by Gasteiger charge is -2.34. The number of carboxylic acid groups (broad SMARTS) is 1. The third-order valence-electron chi connectivity index (χ3n) is 2.12. The Balaban J connectivity index is 4.82. The van der Waals surface area contributed by atoms with E-state index in [2.05, 4.69) is 0 Å². The average Bonchev–Trinajstić information content (AvgIpc) is 2.12. The van der Waals surface area contributed by atoms with Crippen LogP contribution in [0.15, 0.2) is 0 Å². The summed E-state index contributed by atoms with van der Waals surface area (Å²) in [5.74, 6) is -0.804. The van der Waals surface area contributed by atoms with E-state index in [1.165, 1.54) is 0 Å². The van der Waals surface area contributed by atoms with Gasteiger partial charge in [-0.05, 0) is 48.0 Å². The van der Waals surface area contributed by atoms with Crippen molar-refractivity contribution in [2.45, 2.75) is 78.7 Å². The molecule has 0 heterocycles. The van der Waals surface area contributed by atoms with E-state index in [1.54, 1.807) is 0 Å². The maximum Gasteiger partial charge on any atom is 0.501 e. The van der Waals surface area contributed by atoms with Crippen LogP contribution in [0.4, 0.5) is 0 Å². The minimum absolute atomic E-state index is 0.00556. The van der Waals surface area contributed by atoms with Crippen molar-refractivity contribution in [3.8, 4) is 0 Å².